The van der Waals surface area contributed by atoms with E-state index in [1.54, 1.807) is 12.1 Å². The number of carbonyl (C=O) groups excluding carboxylic acids is 2. The number of benzene rings is 3. The number of hydrogen-bond acceptors (Lipinski definition) is 5. The summed E-state index contributed by atoms with van der Waals surface area (Å²) in [5.41, 5.74) is 2.71. The Morgan fingerprint density at radius 3 is 2.97 bits per heavy atom. The Hall–Kier alpha value is -3.45. The van der Waals surface area contributed by atoms with Gasteiger partial charge in [0, 0.05) is 17.5 Å². The molecule has 7 heteroatoms. The number of carbonyl (C=O) groups is 2. The van der Waals surface area contributed by atoms with Crippen molar-refractivity contribution in [1.29, 1.82) is 0 Å². The van der Waals surface area contributed by atoms with Crippen LogP contribution in [0.5, 0.6) is 5.75 Å². The molecule has 0 fully saturated rings. The lowest BCUT2D eigenvalue weighted by molar-refractivity contribution is -0.118. The van der Waals surface area contributed by atoms with Crippen LogP contribution in [0.25, 0.3) is 21.0 Å². The molecule has 3 aromatic carbocycles. The van der Waals surface area contributed by atoms with Crippen LogP contribution in [-0.2, 0) is 16.0 Å². The van der Waals surface area contributed by atoms with Crippen LogP contribution in [0.4, 0.5) is 10.8 Å². The number of amides is 2. The third-order valence-electron chi connectivity index (χ3n) is 4.87. The Morgan fingerprint density at radius 1 is 1.14 bits per heavy atom. The lowest BCUT2D eigenvalue weighted by Crippen LogP contribution is -2.21. The fraction of sp³-hybridized carbons (Fsp3) is 0.136. The van der Waals surface area contributed by atoms with Crippen LogP contribution in [0.15, 0.2) is 54.6 Å². The summed E-state index contributed by atoms with van der Waals surface area (Å²) >= 11 is 1.44. The van der Waals surface area contributed by atoms with Crippen molar-refractivity contribution >= 4 is 55.0 Å². The molecule has 0 saturated carbocycles. The second kappa shape index (κ2) is 7.18. The maximum Gasteiger partial charge on any atom is 0.264 e. The minimum Gasteiger partial charge on any atom is -0.484 e. The number of hydrogen-bond donors (Lipinski definition) is 2. The Labute approximate surface area is 170 Å². The molecular weight excluding hydrogens is 386 g/mol. The summed E-state index contributed by atoms with van der Waals surface area (Å²) in [5, 5.41) is 8.39. The first kappa shape index (κ1) is 17.6. The van der Waals surface area contributed by atoms with Gasteiger partial charge < -0.3 is 10.1 Å². The number of thiazole rings is 1. The number of rotatable bonds is 4. The molecule has 0 unspecified atom stereocenters. The zero-order chi connectivity index (χ0) is 19.8. The van der Waals surface area contributed by atoms with Crippen molar-refractivity contribution in [2.75, 3.05) is 17.2 Å². The quantitative estimate of drug-likeness (QED) is 0.531. The first-order chi connectivity index (χ1) is 14.2. The minimum absolute atomic E-state index is 0.0224. The van der Waals surface area contributed by atoms with Gasteiger partial charge in [0.25, 0.3) is 5.91 Å². The molecule has 0 aliphatic carbocycles. The first-order valence-electron chi connectivity index (χ1n) is 9.29. The van der Waals surface area contributed by atoms with E-state index in [4.69, 9.17) is 4.74 Å². The van der Waals surface area contributed by atoms with Gasteiger partial charge in [-0.25, -0.2) is 4.98 Å². The molecule has 29 heavy (non-hydrogen) atoms. The largest absolute Gasteiger partial charge is 0.484 e. The molecule has 0 radical (unpaired) electrons. The highest BCUT2D eigenvalue weighted by Gasteiger charge is 2.16. The Balaban J connectivity index is 1.27. The summed E-state index contributed by atoms with van der Waals surface area (Å²) < 4.78 is 6.65. The van der Waals surface area contributed by atoms with Gasteiger partial charge in [-0.3, -0.25) is 14.9 Å². The van der Waals surface area contributed by atoms with Gasteiger partial charge in [0.1, 0.15) is 5.75 Å². The van der Waals surface area contributed by atoms with Gasteiger partial charge in [0.15, 0.2) is 11.7 Å². The normalized spacial score (nSPS) is 13.2. The van der Waals surface area contributed by atoms with Gasteiger partial charge in [-0.15, -0.1) is 0 Å². The van der Waals surface area contributed by atoms with E-state index in [0.717, 1.165) is 32.2 Å². The Bertz CT molecular complexity index is 1260. The fourth-order valence-electron chi connectivity index (χ4n) is 3.47. The molecule has 2 N–H and O–H groups in total. The third kappa shape index (κ3) is 3.52. The van der Waals surface area contributed by atoms with Gasteiger partial charge >= 0.3 is 0 Å². The van der Waals surface area contributed by atoms with Crippen molar-refractivity contribution in [2.45, 2.75) is 12.8 Å². The Kier molecular flexibility index (Phi) is 4.37. The second-order valence-electron chi connectivity index (χ2n) is 6.86. The smallest absolute Gasteiger partial charge is 0.264 e. The SMILES string of the molecule is O=C(COc1ccc2c(c1)CCC(=O)N2)Nc1nc2c(ccc3ccccc32)s1. The summed E-state index contributed by atoms with van der Waals surface area (Å²) in [5.74, 6) is 0.360. The molecule has 0 atom stereocenters. The molecule has 4 aromatic rings. The standard InChI is InChI=1S/C22H17N3O3S/c26-19-10-6-14-11-15(7-8-17(14)23-19)28-12-20(27)24-22-25-21-16-4-2-1-3-13(16)5-9-18(21)29-22/h1-5,7-9,11H,6,10,12H2,(H,23,26)(H,24,25,27). The number of fused-ring (bicyclic) bond motifs is 4. The Morgan fingerprint density at radius 2 is 2.03 bits per heavy atom. The molecule has 2 amide bonds. The summed E-state index contributed by atoms with van der Waals surface area (Å²) in [4.78, 5) is 28.4. The molecule has 1 aliphatic heterocycles. The lowest BCUT2D eigenvalue weighted by atomic mass is 10.0. The van der Waals surface area contributed by atoms with Crippen molar-refractivity contribution in [3.8, 4) is 5.75 Å². The molecule has 2 heterocycles. The molecular formula is C22H17N3O3S. The van der Waals surface area contributed by atoms with E-state index in [1.165, 1.54) is 11.3 Å². The number of nitrogens with zero attached hydrogens (tertiary/aromatic N) is 1. The van der Waals surface area contributed by atoms with Gasteiger partial charge in [0.05, 0.1) is 10.2 Å². The van der Waals surface area contributed by atoms with Crippen molar-refractivity contribution in [3.63, 3.8) is 0 Å². The van der Waals surface area contributed by atoms with Crippen molar-refractivity contribution in [2.24, 2.45) is 0 Å². The maximum absolute atomic E-state index is 12.3. The van der Waals surface area contributed by atoms with Gasteiger partial charge in [-0.1, -0.05) is 41.7 Å². The average molecular weight is 403 g/mol. The highest BCUT2D eigenvalue weighted by molar-refractivity contribution is 7.22. The molecule has 0 spiro atoms. The van der Waals surface area contributed by atoms with E-state index >= 15 is 0 Å². The van der Waals surface area contributed by atoms with Crippen LogP contribution in [0.1, 0.15) is 12.0 Å². The van der Waals surface area contributed by atoms with E-state index in [9.17, 15) is 9.59 Å². The summed E-state index contributed by atoms with van der Waals surface area (Å²) in [7, 11) is 0. The zero-order valence-corrected chi connectivity index (χ0v) is 16.2. The molecule has 5 rings (SSSR count). The van der Waals surface area contributed by atoms with Crippen LogP contribution < -0.4 is 15.4 Å². The minimum atomic E-state index is -0.264. The first-order valence-corrected chi connectivity index (χ1v) is 10.1. The predicted molar refractivity (Wildman–Crippen MR) is 115 cm³/mol. The average Bonchev–Trinajstić information content (AvgIpc) is 3.15. The van der Waals surface area contributed by atoms with E-state index in [-0.39, 0.29) is 18.4 Å². The summed E-state index contributed by atoms with van der Waals surface area (Å²) in [6.45, 7) is -0.109. The van der Waals surface area contributed by atoms with E-state index in [2.05, 4.69) is 21.7 Å². The van der Waals surface area contributed by atoms with Crippen LogP contribution in [-0.4, -0.2) is 23.4 Å². The highest BCUT2D eigenvalue weighted by Crippen LogP contribution is 2.32. The van der Waals surface area contributed by atoms with Crippen molar-refractivity contribution in [1.82, 2.24) is 4.98 Å². The van der Waals surface area contributed by atoms with Gasteiger partial charge in [0.2, 0.25) is 5.91 Å². The molecule has 1 aliphatic rings. The number of nitrogens with one attached hydrogen (secondary N) is 2. The van der Waals surface area contributed by atoms with Crippen LogP contribution >= 0.6 is 11.3 Å². The topological polar surface area (TPSA) is 80.3 Å². The zero-order valence-electron chi connectivity index (χ0n) is 15.4. The van der Waals surface area contributed by atoms with Crippen LogP contribution in [0.3, 0.4) is 0 Å². The van der Waals surface area contributed by atoms with Crippen molar-refractivity contribution < 1.29 is 14.3 Å². The third-order valence-corrected chi connectivity index (χ3v) is 5.81. The number of aromatic nitrogens is 1. The van der Waals surface area contributed by atoms with E-state index < -0.39 is 0 Å². The number of aryl methyl sites for hydroxylation is 1. The summed E-state index contributed by atoms with van der Waals surface area (Å²) in [6, 6.07) is 17.6. The molecule has 0 bridgehead atoms. The molecule has 0 saturated heterocycles. The summed E-state index contributed by atoms with van der Waals surface area (Å²) in [6.07, 6.45) is 1.13. The van der Waals surface area contributed by atoms with Crippen molar-refractivity contribution in [3.05, 3.63) is 60.2 Å². The van der Waals surface area contributed by atoms with Gasteiger partial charge in [-0.2, -0.15) is 0 Å². The van der Waals surface area contributed by atoms with E-state index in [1.807, 2.05) is 36.4 Å². The maximum atomic E-state index is 12.3. The van der Waals surface area contributed by atoms with E-state index in [0.29, 0.717) is 23.7 Å². The van der Waals surface area contributed by atoms with Crippen LogP contribution in [0, 0.1) is 0 Å². The number of anilines is 2. The lowest BCUT2D eigenvalue weighted by Gasteiger charge is -2.17. The predicted octanol–water partition coefficient (Wildman–Crippen LogP) is 4.35. The monoisotopic (exact) mass is 403 g/mol. The fourth-order valence-corrected chi connectivity index (χ4v) is 4.37. The molecule has 1 aromatic heterocycles. The van der Waals surface area contributed by atoms with Crippen LogP contribution in [0.2, 0.25) is 0 Å². The van der Waals surface area contributed by atoms with Gasteiger partial charge in [-0.05, 0) is 41.6 Å². The molecule has 144 valence electrons. The molecule has 6 nitrogen and oxygen atoms in total. The highest BCUT2D eigenvalue weighted by atomic mass is 32.1. The second-order valence-corrected chi connectivity index (χ2v) is 7.89. The number of ether oxygens (including phenoxy) is 1.